The molecule has 18 heavy (non-hydrogen) atoms. The quantitative estimate of drug-likeness (QED) is 0.882. The van der Waals surface area contributed by atoms with Crippen molar-refractivity contribution < 1.29 is 4.74 Å². The smallest absolute Gasteiger partial charge is 0.129 e. The first-order valence-electron chi connectivity index (χ1n) is 6.69. The molecule has 0 saturated carbocycles. The van der Waals surface area contributed by atoms with Crippen molar-refractivity contribution in [1.82, 2.24) is 10.3 Å². The minimum Gasteiger partial charge on any atom is -0.378 e. The lowest BCUT2D eigenvalue weighted by molar-refractivity contribution is 0.122. The van der Waals surface area contributed by atoms with Crippen LogP contribution in [-0.4, -0.2) is 38.3 Å². The molecule has 1 N–H and O–H groups in total. The largest absolute Gasteiger partial charge is 0.378 e. The first-order valence-corrected chi connectivity index (χ1v) is 6.69. The second-order valence-corrected chi connectivity index (χ2v) is 5.04. The van der Waals surface area contributed by atoms with Gasteiger partial charge < -0.3 is 15.0 Å². The highest BCUT2D eigenvalue weighted by Gasteiger charge is 2.14. The molecule has 1 aromatic rings. The number of hydrogen-bond acceptors (Lipinski definition) is 4. The van der Waals surface area contributed by atoms with E-state index in [4.69, 9.17) is 9.72 Å². The summed E-state index contributed by atoms with van der Waals surface area (Å²) in [6, 6.07) is 4.39. The second kappa shape index (κ2) is 6.16. The van der Waals surface area contributed by atoms with E-state index in [0.29, 0.717) is 5.92 Å². The van der Waals surface area contributed by atoms with Crippen molar-refractivity contribution in [1.29, 1.82) is 0 Å². The van der Waals surface area contributed by atoms with Crippen LogP contribution in [0.15, 0.2) is 12.1 Å². The van der Waals surface area contributed by atoms with E-state index in [9.17, 15) is 0 Å². The lowest BCUT2D eigenvalue weighted by Crippen LogP contribution is -2.37. The molecule has 1 aliphatic heterocycles. The highest BCUT2D eigenvalue weighted by Crippen LogP contribution is 2.21. The lowest BCUT2D eigenvalue weighted by atomic mass is 10.1. The topological polar surface area (TPSA) is 37.4 Å². The number of morpholine rings is 1. The van der Waals surface area contributed by atoms with Crippen LogP contribution in [0, 0.1) is 0 Å². The number of rotatable bonds is 4. The molecule has 0 aromatic carbocycles. The number of nitrogens with one attached hydrogen (secondary N) is 1. The summed E-state index contributed by atoms with van der Waals surface area (Å²) in [5, 5.41) is 3.21. The Labute approximate surface area is 109 Å². The molecule has 2 rings (SSSR count). The van der Waals surface area contributed by atoms with Gasteiger partial charge >= 0.3 is 0 Å². The van der Waals surface area contributed by atoms with Gasteiger partial charge in [0.25, 0.3) is 0 Å². The Morgan fingerprint density at radius 1 is 1.33 bits per heavy atom. The minimum absolute atomic E-state index is 0.460. The van der Waals surface area contributed by atoms with E-state index < -0.39 is 0 Å². The maximum Gasteiger partial charge on any atom is 0.129 e. The first-order chi connectivity index (χ1) is 8.70. The van der Waals surface area contributed by atoms with Gasteiger partial charge in [0.1, 0.15) is 5.82 Å². The fraction of sp³-hybridized carbons (Fsp3) is 0.643. The first kappa shape index (κ1) is 13.3. The van der Waals surface area contributed by atoms with E-state index in [1.807, 2.05) is 7.05 Å². The molecule has 1 fully saturated rings. The van der Waals surface area contributed by atoms with Crippen molar-refractivity contribution in [2.45, 2.75) is 26.3 Å². The average molecular weight is 249 g/mol. The number of ether oxygens (including phenoxy) is 1. The Hall–Kier alpha value is -1.13. The molecule has 0 spiro atoms. The van der Waals surface area contributed by atoms with E-state index >= 15 is 0 Å². The zero-order valence-corrected chi connectivity index (χ0v) is 11.6. The number of hydrogen-bond donors (Lipinski definition) is 1. The van der Waals surface area contributed by atoms with Gasteiger partial charge in [0.05, 0.1) is 13.2 Å². The van der Waals surface area contributed by atoms with Crippen molar-refractivity contribution in [3.05, 3.63) is 23.4 Å². The van der Waals surface area contributed by atoms with Gasteiger partial charge in [0, 0.05) is 25.3 Å². The molecule has 2 heterocycles. The maximum absolute atomic E-state index is 5.39. The van der Waals surface area contributed by atoms with Crippen molar-refractivity contribution in [3.8, 4) is 0 Å². The van der Waals surface area contributed by atoms with Crippen LogP contribution in [-0.2, 0) is 11.3 Å². The summed E-state index contributed by atoms with van der Waals surface area (Å²) in [4.78, 5) is 7.10. The summed E-state index contributed by atoms with van der Waals surface area (Å²) in [6.45, 7) is 8.74. The molecule has 1 aliphatic rings. The van der Waals surface area contributed by atoms with E-state index in [0.717, 1.165) is 38.7 Å². The Morgan fingerprint density at radius 2 is 2.06 bits per heavy atom. The molecule has 0 unspecified atom stereocenters. The van der Waals surface area contributed by atoms with Crippen LogP contribution >= 0.6 is 0 Å². The monoisotopic (exact) mass is 249 g/mol. The van der Waals surface area contributed by atoms with Gasteiger partial charge in [-0.05, 0) is 30.7 Å². The van der Waals surface area contributed by atoms with Crippen molar-refractivity contribution in [2.24, 2.45) is 0 Å². The summed E-state index contributed by atoms with van der Waals surface area (Å²) in [5.74, 6) is 1.55. The fourth-order valence-electron chi connectivity index (χ4n) is 2.15. The SMILES string of the molecule is CNCc1cc(C(C)C)nc(N2CCOCC2)c1. The van der Waals surface area contributed by atoms with Gasteiger partial charge in [-0.1, -0.05) is 13.8 Å². The number of aromatic nitrogens is 1. The van der Waals surface area contributed by atoms with Crippen molar-refractivity contribution in [3.63, 3.8) is 0 Å². The van der Waals surface area contributed by atoms with Gasteiger partial charge in [-0.15, -0.1) is 0 Å². The van der Waals surface area contributed by atoms with Crippen LogP contribution in [0.2, 0.25) is 0 Å². The van der Waals surface area contributed by atoms with Gasteiger partial charge in [-0.2, -0.15) is 0 Å². The van der Waals surface area contributed by atoms with Gasteiger partial charge in [-0.25, -0.2) is 4.98 Å². The van der Waals surface area contributed by atoms with Crippen molar-refractivity contribution >= 4 is 5.82 Å². The predicted octanol–water partition coefficient (Wildman–Crippen LogP) is 1.76. The Morgan fingerprint density at radius 3 is 2.67 bits per heavy atom. The molecule has 0 aliphatic carbocycles. The molecule has 100 valence electrons. The van der Waals surface area contributed by atoms with Crippen LogP contribution in [0.5, 0.6) is 0 Å². The number of pyridine rings is 1. The molecule has 0 amide bonds. The van der Waals surface area contributed by atoms with Crippen LogP contribution in [0.3, 0.4) is 0 Å². The molecule has 1 saturated heterocycles. The molecule has 4 nitrogen and oxygen atoms in total. The predicted molar refractivity (Wildman–Crippen MR) is 74.1 cm³/mol. The second-order valence-electron chi connectivity index (χ2n) is 5.04. The van der Waals surface area contributed by atoms with E-state index in [2.05, 4.69) is 36.2 Å². The van der Waals surface area contributed by atoms with E-state index in [1.54, 1.807) is 0 Å². The molecule has 4 heteroatoms. The maximum atomic E-state index is 5.39. The average Bonchev–Trinajstić information content (AvgIpc) is 2.40. The van der Waals surface area contributed by atoms with Crippen LogP contribution < -0.4 is 10.2 Å². The Balaban J connectivity index is 2.26. The van der Waals surface area contributed by atoms with E-state index in [-0.39, 0.29) is 0 Å². The van der Waals surface area contributed by atoms with Crippen molar-refractivity contribution in [2.75, 3.05) is 38.3 Å². The molecule has 0 atom stereocenters. The highest BCUT2D eigenvalue weighted by atomic mass is 16.5. The lowest BCUT2D eigenvalue weighted by Gasteiger charge is -2.28. The summed E-state index contributed by atoms with van der Waals surface area (Å²) in [5.41, 5.74) is 2.47. The molecular formula is C14H23N3O. The standard InChI is InChI=1S/C14H23N3O/c1-11(2)13-8-12(10-15-3)9-14(16-13)17-4-6-18-7-5-17/h8-9,11,15H,4-7,10H2,1-3H3. The zero-order valence-electron chi connectivity index (χ0n) is 11.6. The molecule has 0 bridgehead atoms. The summed E-state index contributed by atoms with van der Waals surface area (Å²) >= 11 is 0. The van der Waals surface area contributed by atoms with Crippen LogP contribution in [0.25, 0.3) is 0 Å². The van der Waals surface area contributed by atoms with Crippen LogP contribution in [0.4, 0.5) is 5.82 Å². The van der Waals surface area contributed by atoms with Crippen LogP contribution in [0.1, 0.15) is 31.0 Å². The molecular weight excluding hydrogens is 226 g/mol. The third-order valence-corrected chi connectivity index (χ3v) is 3.20. The van der Waals surface area contributed by atoms with Gasteiger partial charge in [-0.3, -0.25) is 0 Å². The number of anilines is 1. The Bertz CT molecular complexity index is 387. The number of nitrogens with zero attached hydrogens (tertiary/aromatic N) is 2. The third-order valence-electron chi connectivity index (χ3n) is 3.20. The van der Waals surface area contributed by atoms with E-state index in [1.165, 1.54) is 11.3 Å². The normalized spacial score (nSPS) is 16.3. The summed E-state index contributed by atoms with van der Waals surface area (Å²) in [7, 11) is 1.98. The third kappa shape index (κ3) is 3.21. The minimum atomic E-state index is 0.460. The molecule has 1 aromatic heterocycles. The summed E-state index contributed by atoms with van der Waals surface area (Å²) < 4.78 is 5.39. The summed E-state index contributed by atoms with van der Waals surface area (Å²) in [6.07, 6.45) is 0. The Kier molecular flexibility index (Phi) is 4.55. The fourth-order valence-corrected chi connectivity index (χ4v) is 2.15. The van der Waals surface area contributed by atoms with Gasteiger partial charge in [0.2, 0.25) is 0 Å². The zero-order chi connectivity index (χ0) is 13.0. The van der Waals surface area contributed by atoms with Gasteiger partial charge in [0.15, 0.2) is 0 Å². The molecule has 0 radical (unpaired) electrons. The highest BCUT2D eigenvalue weighted by molar-refractivity contribution is 5.43.